The van der Waals surface area contributed by atoms with Gasteiger partial charge in [-0.05, 0) is 31.9 Å². The molecule has 0 aliphatic rings. The van der Waals surface area contributed by atoms with Gasteiger partial charge >= 0.3 is 0 Å². The molecule has 0 radical (unpaired) electrons. The van der Waals surface area contributed by atoms with E-state index in [1.165, 1.54) is 12.2 Å². The van der Waals surface area contributed by atoms with Crippen LogP contribution in [-0.2, 0) is 0 Å². The van der Waals surface area contributed by atoms with E-state index in [1.807, 2.05) is 24.9 Å². The van der Waals surface area contributed by atoms with E-state index in [9.17, 15) is 0 Å². The first-order valence-electron chi connectivity index (χ1n) is 3.62. The van der Waals surface area contributed by atoms with Gasteiger partial charge in [0.2, 0.25) is 0 Å². The molecule has 0 spiro atoms. The van der Waals surface area contributed by atoms with Crippen LogP contribution in [0.4, 0.5) is 0 Å². The van der Waals surface area contributed by atoms with Crippen molar-refractivity contribution in [2.45, 2.75) is 18.9 Å². The van der Waals surface area contributed by atoms with E-state index >= 15 is 0 Å². The minimum Gasteiger partial charge on any atom is -0.317 e. The van der Waals surface area contributed by atoms with E-state index in [1.54, 1.807) is 0 Å². The summed E-state index contributed by atoms with van der Waals surface area (Å²) in [5.74, 6) is 1.24. The van der Waals surface area contributed by atoms with Crippen molar-refractivity contribution in [3.8, 4) is 0 Å². The lowest BCUT2D eigenvalue weighted by atomic mass is 10.1. The number of thioether (sulfide) groups is 1. The number of hydrogen-bond donors (Lipinski definition) is 1. The van der Waals surface area contributed by atoms with Crippen LogP contribution in [0.3, 0.4) is 0 Å². The summed E-state index contributed by atoms with van der Waals surface area (Å²) in [7, 11) is 2.01. The zero-order chi connectivity index (χ0) is 7.82. The molecule has 1 unspecified atom stereocenters. The third kappa shape index (κ3) is 4.89. The molecular formula is C8H17NS. The van der Waals surface area contributed by atoms with Crippen molar-refractivity contribution in [2.75, 3.05) is 19.1 Å². The molecule has 0 aliphatic heterocycles. The Morgan fingerprint density at radius 2 is 2.40 bits per heavy atom. The van der Waals surface area contributed by atoms with Gasteiger partial charge in [-0.1, -0.05) is 6.08 Å². The minimum atomic E-state index is 0.630. The molecule has 60 valence electrons. The molecule has 0 saturated carbocycles. The van der Waals surface area contributed by atoms with E-state index in [4.69, 9.17) is 0 Å². The second-order valence-electron chi connectivity index (χ2n) is 2.29. The monoisotopic (exact) mass is 159 g/mol. The molecule has 0 aromatic heterocycles. The summed E-state index contributed by atoms with van der Waals surface area (Å²) < 4.78 is 0. The van der Waals surface area contributed by atoms with Crippen molar-refractivity contribution in [1.82, 2.24) is 5.32 Å². The van der Waals surface area contributed by atoms with Crippen molar-refractivity contribution in [2.24, 2.45) is 0 Å². The Bertz CT molecular complexity index is 83.3. The van der Waals surface area contributed by atoms with Gasteiger partial charge in [-0.3, -0.25) is 0 Å². The Balaban J connectivity index is 3.29. The third-order valence-electron chi connectivity index (χ3n) is 1.53. The highest BCUT2D eigenvalue weighted by molar-refractivity contribution is 7.98. The van der Waals surface area contributed by atoms with Crippen LogP contribution in [0.15, 0.2) is 12.7 Å². The second-order valence-corrected chi connectivity index (χ2v) is 3.28. The minimum absolute atomic E-state index is 0.630. The van der Waals surface area contributed by atoms with E-state index in [2.05, 4.69) is 18.2 Å². The quantitative estimate of drug-likeness (QED) is 0.594. The maximum Gasteiger partial charge on any atom is 0.0106 e. The van der Waals surface area contributed by atoms with Crippen molar-refractivity contribution < 1.29 is 0 Å². The van der Waals surface area contributed by atoms with Crippen LogP contribution < -0.4 is 5.32 Å². The Hall–Kier alpha value is 0.0500. The summed E-state index contributed by atoms with van der Waals surface area (Å²) >= 11 is 1.90. The van der Waals surface area contributed by atoms with E-state index in [0.717, 1.165) is 6.42 Å². The maximum absolute atomic E-state index is 3.71. The van der Waals surface area contributed by atoms with Crippen LogP contribution >= 0.6 is 11.8 Å². The summed E-state index contributed by atoms with van der Waals surface area (Å²) in [5.41, 5.74) is 0. The van der Waals surface area contributed by atoms with Gasteiger partial charge in [0, 0.05) is 6.04 Å². The van der Waals surface area contributed by atoms with Gasteiger partial charge in [0.15, 0.2) is 0 Å². The molecule has 0 aromatic carbocycles. The van der Waals surface area contributed by atoms with Gasteiger partial charge < -0.3 is 5.32 Å². The smallest absolute Gasteiger partial charge is 0.0106 e. The highest BCUT2D eigenvalue weighted by Crippen LogP contribution is 2.03. The lowest BCUT2D eigenvalue weighted by molar-refractivity contribution is 0.557. The van der Waals surface area contributed by atoms with Crippen molar-refractivity contribution in [3.05, 3.63) is 12.7 Å². The zero-order valence-electron chi connectivity index (χ0n) is 6.89. The van der Waals surface area contributed by atoms with Gasteiger partial charge in [-0.2, -0.15) is 11.8 Å². The van der Waals surface area contributed by atoms with Gasteiger partial charge in [-0.15, -0.1) is 6.58 Å². The van der Waals surface area contributed by atoms with Crippen molar-refractivity contribution in [1.29, 1.82) is 0 Å². The summed E-state index contributed by atoms with van der Waals surface area (Å²) in [6.45, 7) is 3.71. The lowest BCUT2D eigenvalue weighted by Gasteiger charge is -2.12. The van der Waals surface area contributed by atoms with Crippen LogP contribution in [-0.4, -0.2) is 25.1 Å². The summed E-state index contributed by atoms with van der Waals surface area (Å²) in [5, 5.41) is 3.25. The molecule has 0 rings (SSSR count). The average molecular weight is 159 g/mol. The Kier molecular flexibility index (Phi) is 7.20. The number of rotatable bonds is 6. The molecule has 0 saturated heterocycles. The zero-order valence-corrected chi connectivity index (χ0v) is 7.71. The van der Waals surface area contributed by atoms with Crippen molar-refractivity contribution >= 4 is 11.8 Å². The molecular weight excluding hydrogens is 142 g/mol. The first-order chi connectivity index (χ1) is 4.85. The molecule has 2 heteroatoms. The molecule has 0 amide bonds. The van der Waals surface area contributed by atoms with Crippen molar-refractivity contribution in [3.63, 3.8) is 0 Å². The number of nitrogens with one attached hydrogen (secondary N) is 1. The first kappa shape index (κ1) is 10.0. The fraction of sp³-hybridized carbons (Fsp3) is 0.750. The largest absolute Gasteiger partial charge is 0.317 e. The van der Waals surface area contributed by atoms with Gasteiger partial charge in [0.25, 0.3) is 0 Å². The molecule has 0 bridgehead atoms. The normalized spacial score (nSPS) is 13.0. The fourth-order valence-electron chi connectivity index (χ4n) is 0.841. The van der Waals surface area contributed by atoms with Gasteiger partial charge in [0.05, 0.1) is 0 Å². The van der Waals surface area contributed by atoms with Gasteiger partial charge in [-0.25, -0.2) is 0 Å². The standard InChI is InChI=1S/C8H17NS/c1-4-5-8(9-2)6-7-10-3/h4,8-9H,1,5-7H2,2-3H3. The molecule has 0 aromatic rings. The molecule has 0 heterocycles. The van der Waals surface area contributed by atoms with Crippen LogP contribution in [0.2, 0.25) is 0 Å². The van der Waals surface area contributed by atoms with Crippen LogP contribution in [0.5, 0.6) is 0 Å². The van der Waals surface area contributed by atoms with E-state index < -0.39 is 0 Å². The average Bonchev–Trinajstić information content (AvgIpc) is 1.98. The Morgan fingerprint density at radius 3 is 2.80 bits per heavy atom. The van der Waals surface area contributed by atoms with Crippen LogP contribution in [0.1, 0.15) is 12.8 Å². The molecule has 10 heavy (non-hydrogen) atoms. The van der Waals surface area contributed by atoms with E-state index in [-0.39, 0.29) is 0 Å². The third-order valence-corrected chi connectivity index (χ3v) is 2.17. The topological polar surface area (TPSA) is 12.0 Å². The molecule has 0 fully saturated rings. The summed E-state index contributed by atoms with van der Waals surface area (Å²) in [6.07, 6.45) is 6.43. The Morgan fingerprint density at radius 1 is 1.70 bits per heavy atom. The highest BCUT2D eigenvalue weighted by atomic mass is 32.2. The predicted molar refractivity (Wildman–Crippen MR) is 50.7 cm³/mol. The molecule has 1 nitrogen and oxygen atoms in total. The first-order valence-corrected chi connectivity index (χ1v) is 5.01. The van der Waals surface area contributed by atoms with Crippen LogP contribution in [0.25, 0.3) is 0 Å². The van der Waals surface area contributed by atoms with E-state index in [0.29, 0.717) is 6.04 Å². The maximum atomic E-state index is 3.71. The fourth-order valence-corrected chi connectivity index (χ4v) is 1.36. The summed E-state index contributed by atoms with van der Waals surface area (Å²) in [4.78, 5) is 0. The van der Waals surface area contributed by atoms with Gasteiger partial charge in [0.1, 0.15) is 0 Å². The molecule has 1 N–H and O–H groups in total. The van der Waals surface area contributed by atoms with Crippen LogP contribution in [0, 0.1) is 0 Å². The SMILES string of the molecule is C=CCC(CCSC)NC. The number of hydrogen-bond acceptors (Lipinski definition) is 2. The second kappa shape index (κ2) is 7.16. The lowest BCUT2D eigenvalue weighted by Crippen LogP contribution is -2.24. The highest BCUT2D eigenvalue weighted by Gasteiger charge is 2.00. The molecule has 0 aliphatic carbocycles. The summed E-state index contributed by atoms with van der Waals surface area (Å²) in [6, 6.07) is 0.630. The predicted octanol–water partition coefficient (Wildman–Crippen LogP) is 1.90. The Labute approximate surface area is 68.3 Å². The molecule has 1 atom stereocenters.